The summed E-state index contributed by atoms with van der Waals surface area (Å²) in [5.41, 5.74) is 12.4. The van der Waals surface area contributed by atoms with Gasteiger partial charge in [-0.05, 0) is 17.7 Å². The number of nitrogens with zero attached hydrogens (tertiary/aromatic N) is 3. The summed E-state index contributed by atoms with van der Waals surface area (Å²) in [5.74, 6) is 4.86. The van der Waals surface area contributed by atoms with E-state index in [1.807, 2.05) is 0 Å². The van der Waals surface area contributed by atoms with Gasteiger partial charge in [-0.2, -0.15) is 13.2 Å². The van der Waals surface area contributed by atoms with Crippen molar-refractivity contribution < 1.29 is 13.2 Å². The van der Waals surface area contributed by atoms with Gasteiger partial charge >= 0.3 is 6.18 Å². The van der Waals surface area contributed by atoms with Gasteiger partial charge in [0.15, 0.2) is 0 Å². The Morgan fingerprint density at radius 1 is 1.39 bits per heavy atom. The zero-order chi connectivity index (χ0) is 13.6. The van der Waals surface area contributed by atoms with Crippen molar-refractivity contribution in [2.75, 3.05) is 12.3 Å². The van der Waals surface area contributed by atoms with E-state index in [1.54, 1.807) is 0 Å². The highest BCUT2D eigenvalue weighted by atomic mass is 19.4. The van der Waals surface area contributed by atoms with Crippen molar-refractivity contribution >= 4 is 5.69 Å². The molecule has 0 aliphatic carbocycles. The molecule has 0 radical (unpaired) electrons. The molecule has 0 spiro atoms. The van der Waals surface area contributed by atoms with Gasteiger partial charge in [-0.3, -0.25) is 0 Å². The molecule has 0 amide bonds. The molecule has 1 aromatic carbocycles. The number of benzene rings is 1. The molecule has 2 N–H and O–H groups in total. The van der Waals surface area contributed by atoms with Crippen LogP contribution in [-0.2, 0) is 6.18 Å². The minimum absolute atomic E-state index is 0.0268. The number of nitrogens with two attached hydrogens (primary N) is 1. The van der Waals surface area contributed by atoms with E-state index in [0.29, 0.717) is 0 Å². The Hall–Kier alpha value is -2.32. The Labute approximate surface area is 101 Å². The third-order valence-electron chi connectivity index (χ3n) is 2.02. The molecule has 18 heavy (non-hydrogen) atoms. The van der Waals surface area contributed by atoms with E-state index >= 15 is 0 Å². The Bertz CT molecular complexity index is 533. The van der Waals surface area contributed by atoms with Crippen molar-refractivity contribution in [3.05, 3.63) is 39.8 Å². The maximum Gasteiger partial charge on any atom is 0.417 e. The Morgan fingerprint density at radius 2 is 2.11 bits per heavy atom. The van der Waals surface area contributed by atoms with Crippen LogP contribution in [0.15, 0.2) is 23.3 Å². The molecule has 0 unspecified atom stereocenters. The molecule has 0 atom stereocenters. The highest BCUT2D eigenvalue weighted by molar-refractivity contribution is 5.60. The molecule has 0 bridgehead atoms. The molecule has 0 saturated carbocycles. The fraction of sp³-hybridized carbons (Fsp3) is 0.273. The highest BCUT2D eigenvalue weighted by Gasteiger charge is 2.33. The maximum atomic E-state index is 12.7. The van der Waals surface area contributed by atoms with Crippen molar-refractivity contribution in [1.82, 2.24) is 0 Å². The van der Waals surface area contributed by atoms with Gasteiger partial charge in [-0.25, -0.2) is 0 Å². The van der Waals surface area contributed by atoms with Crippen LogP contribution in [0.5, 0.6) is 0 Å². The molecule has 0 heterocycles. The van der Waals surface area contributed by atoms with E-state index in [0.717, 1.165) is 6.07 Å². The van der Waals surface area contributed by atoms with Crippen LogP contribution in [0, 0.1) is 11.8 Å². The van der Waals surface area contributed by atoms with E-state index in [1.165, 1.54) is 12.1 Å². The first-order valence-electron chi connectivity index (χ1n) is 4.92. The summed E-state index contributed by atoms with van der Waals surface area (Å²) in [6.45, 7) is 0.109. The number of nitrogen functional groups attached to an aromatic ring is 1. The summed E-state index contributed by atoms with van der Waals surface area (Å²) in [4.78, 5) is 2.51. The topological polar surface area (TPSA) is 74.8 Å². The third kappa shape index (κ3) is 3.61. The van der Waals surface area contributed by atoms with Crippen molar-refractivity contribution in [3.63, 3.8) is 0 Å². The van der Waals surface area contributed by atoms with Crippen molar-refractivity contribution in [3.8, 4) is 11.8 Å². The van der Waals surface area contributed by atoms with Crippen LogP contribution in [0.25, 0.3) is 10.4 Å². The number of rotatable bonds is 2. The molecular formula is C11H9F3N4. The number of hydrogen-bond donors (Lipinski definition) is 1. The van der Waals surface area contributed by atoms with Crippen LogP contribution in [0.1, 0.15) is 17.5 Å². The van der Waals surface area contributed by atoms with E-state index < -0.39 is 11.7 Å². The van der Waals surface area contributed by atoms with Gasteiger partial charge in [0.2, 0.25) is 0 Å². The van der Waals surface area contributed by atoms with Gasteiger partial charge in [-0.15, -0.1) is 0 Å². The molecule has 0 aliphatic rings. The Morgan fingerprint density at radius 3 is 2.72 bits per heavy atom. The summed E-state index contributed by atoms with van der Waals surface area (Å²) in [6, 6.07) is 3.50. The monoisotopic (exact) mass is 254 g/mol. The fourth-order valence-corrected chi connectivity index (χ4v) is 1.25. The van der Waals surface area contributed by atoms with Crippen LogP contribution in [-0.4, -0.2) is 6.54 Å². The number of halogens is 3. The van der Waals surface area contributed by atoms with E-state index in [9.17, 15) is 13.2 Å². The minimum Gasteiger partial charge on any atom is -0.398 e. The predicted molar refractivity (Wildman–Crippen MR) is 61.4 cm³/mol. The minimum atomic E-state index is -4.50. The van der Waals surface area contributed by atoms with Crippen LogP contribution < -0.4 is 5.73 Å². The second-order valence-corrected chi connectivity index (χ2v) is 3.27. The van der Waals surface area contributed by atoms with Crippen molar-refractivity contribution in [2.24, 2.45) is 5.11 Å². The van der Waals surface area contributed by atoms with Gasteiger partial charge in [-0.1, -0.05) is 23.0 Å². The lowest BCUT2D eigenvalue weighted by atomic mass is 10.1. The molecule has 0 aromatic heterocycles. The quantitative estimate of drug-likeness (QED) is 0.215. The summed E-state index contributed by atoms with van der Waals surface area (Å²) in [6.07, 6.45) is -4.32. The average molecular weight is 254 g/mol. The Balaban J connectivity index is 3.03. The molecule has 0 fully saturated rings. The number of azide groups is 1. The summed E-state index contributed by atoms with van der Waals surface area (Å²) >= 11 is 0. The summed E-state index contributed by atoms with van der Waals surface area (Å²) in [5, 5.41) is 3.22. The molecule has 0 saturated heterocycles. The fourth-order valence-electron chi connectivity index (χ4n) is 1.25. The number of hydrogen-bond acceptors (Lipinski definition) is 2. The highest BCUT2D eigenvalue weighted by Crippen LogP contribution is 2.33. The zero-order valence-corrected chi connectivity index (χ0v) is 9.20. The second kappa shape index (κ2) is 5.84. The molecule has 7 heteroatoms. The SMILES string of the molecule is [N-]=[N+]=NCCC#Cc1c(N)cccc1C(F)(F)F. The van der Waals surface area contributed by atoms with Gasteiger partial charge in [0.25, 0.3) is 0 Å². The normalized spacial score (nSPS) is 10.2. The lowest BCUT2D eigenvalue weighted by Crippen LogP contribution is -2.09. The molecule has 0 aliphatic heterocycles. The summed E-state index contributed by atoms with van der Waals surface area (Å²) in [7, 11) is 0. The lowest BCUT2D eigenvalue weighted by molar-refractivity contribution is -0.137. The van der Waals surface area contributed by atoms with Crippen molar-refractivity contribution in [2.45, 2.75) is 12.6 Å². The van der Waals surface area contributed by atoms with Crippen LogP contribution in [0.3, 0.4) is 0 Å². The summed E-state index contributed by atoms with van der Waals surface area (Å²) < 4.78 is 38.0. The van der Waals surface area contributed by atoms with Gasteiger partial charge in [0.1, 0.15) is 0 Å². The Kier molecular flexibility index (Phi) is 4.46. The smallest absolute Gasteiger partial charge is 0.398 e. The molecule has 4 nitrogen and oxygen atoms in total. The second-order valence-electron chi connectivity index (χ2n) is 3.27. The number of alkyl halides is 3. The van der Waals surface area contributed by atoms with Crippen LogP contribution >= 0.6 is 0 Å². The first-order valence-corrected chi connectivity index (χ1v) is 4.92. The van der Waals surface area contributed by atoms with Gasteiger partial charge in [0, 0.05) is 23.6 Å². The molecular weight excluding hydrogens is 245 g/mol. The van der Waals surface area contributed by atoms with Crippen LogP contribution in [0.4, 0.5) is 18.9 Å². The van der Waals surface area contributed by atoms with Gasteiger partial charge < -0.3 is 5.73 Å². The largest absolute Gasteiger partial charge is 0.417 e. The number of anilines is 1. The standard InChI is InChI=1S/C11H9F3N4/c12-11(13,14)9-5-3-6-10(15)8(9)4-1-2-7-17-18-16/h3,5-6H,2,7,15H2. The molecule has 94 valence electrons. The average Bonchev–Trinajstić information content (AvgIpc) is 2.29. The first kappa shape index (κ1) is 13.7. The van der Waals surface area contributed by atoms with E-state index in [4.69, 9.17) is 11.3 Å². The first-order chi connectivity index (χ1) is 8.46. The predicted octanol–water partition coefficient (Wildman–Crippen LogP) is 3.34. The lowest BCUT2D eigenvalue weighted by Gasteiger charge is -2.10. The van der Waals surface area contributed by atoms with E-state index in [2.05, 4.69) is 21.9 Å². The van der Waals surface area contributed by atoms with Crippen molar-refractivity contribution in [1.29, 1.82) is 0 Å². The molecule has 1 rings (SSSR count). The zero-order valence-electron chi connectivity index (χ0n) is 9.20. The third-order valence-corrected chi connectivity index (χ3v) is 2.02. The van der Waals surface area contributed by atoms with E-state index in [-0.39, 0.29) is 24.2 Å². The molecule has 1 aromatic rings. The maximum absolute atomic E-state index is 12.7. The van der Waals surface area contributed by atoms with Crippen LogP contribution in [0.2, 0.25) is 0 Å². The van der Waals surface area contributed by atoms with Gasteiger partial charge in [0.05, 0.1) is 11.1 Å².